The van der Waals surface area contributed by atoms with E-state index in [0.29, 0.717) is 26.1 Å². The molecule has 0 radical (unpaired) electrons. The molecule has 2 aliphatic rings. The first-order valence-corrected chi connectivity index (χ1v) is 9.96. The van der Waals surface area contributed by atoms with Crippen LogP contribution in [0.1, 0.15) is 57.6 Å². The van der Waals surface area contributed by atoms with Crippen LogP contribution in [0.3, 0.4) is 0 Å². The fourth-order valence-corrected chi connectivity index (χ4v) is 4.20. The number of nitrogens with zero attached hydrogens (tertiary/aromatic N) is 2. The fraction of sp³-hybridized carbons (Fsp3) is 0.737. The minimum atomic E-state index is -0.210. The van der Waals surface area contributed by atoms with Crippen LogP contribution in [0, 0.1) is 5.92 Å². The molecule has 2 amide bonds. The van der Waals surface area contributed by atoms with Crippen molar-refractivity contribution < 1.29 is 9.59 Å². The molecule has 1 aliphatic carbocycles. The molecule has 1 aromatic heterocycles. The highest BCUT2D eigenvalue weighted by Gasteiger charge is 2.38. The molecule has 144 valence electrons. The van der Waals surface area contributed by atoms with Gasteiger partial charge in [0.15, 0.2) is 0 Å². The van der Waals surface area contributed by atoms with Crippen LogP contribution >= 0.6 is 0 Å². The number of likely N-dealkylation sites (tertiary alicyclic amines) is 1. The summed E-state index contributed by atoms with van der Waals surface area (Å²) in [5.41, 5.74) is 0.982. The second-order valence-corrected chi connectivity index (χ2v) is 7.55. The van der Waals surface area contributed by atoms with Crippen molar-refractivity contribution in [2.45, 2.75) is 70.5 Å². The van der Waals surface area contributed by atoms with Crippen LogP contribution in [0.25, 0.3) is 0 Å². The van der Waals surface area contributed by atoms with Gasteiger partial charge in [0.2, 0.25) is 11.8 Å². The van der Waals surface area contributed by atoms with Crippen LogP contribution in [0.15, 0.2) is 12.5 Å². The zero-order valence-corrected chi connectivity index (χ0v) is 15.7. The van der Waals surface area contributed by atoms with Crippen LogP contribution < -0.4 is 10.6 Å². The SMILES string of the molecule is CCNC(=O)[C@@H]1C[C@@H](NC(=O)C2CCCCCC2)CN1Cc1cnc[nH]1. The largest absolute Gasteiger partial charge is 0.355 e. The van der Waals surface area contributed by atoms with Crippen LogP contribution in [0.5, 0.6) is 0 Å². The summed E-state index contributed by atoms with van der Waals surface area (Å²) < 4.78 is 0. The molecule has 3 N–H and O–H groups in total. The molecule has 0 spiro atoms. The summed E-state index contributed by atoms with van der Waals surface area (Å²) in [4.78, 5) is 34.4. The van der Waals surface area contributed by atoms with E-state index in [1.54, 1.807) is 12.5 Å². The molecule has 2 fully saturated rings. The number of carbonyl (C=O) groups is 2. The molecular weight excluding hydrogens is 330 g/mol. The van der Waals surface area contributed by atoms with Crippen molar-refractivity contribution in [1.29, 1.82) is 0 Å². The van der Waals surface area contributed by atoms with Crippen molar-refractivity contribution in [2.75, 3.05) is 13.1 Å². The average molecular weight is 361 g/mol. The van der Waals surface area contributed by atoms with Crippen molar-refractivity contribution in [3.8, 4) is 0 Å². The number of imidazole rings is 1. The lowest BCUT2D eigenvalue weighted by Gasteiger charge is -2.22. The molecule has 2 atom stereocenters. The number of rotatable bonds is 6. The van der Waals surface area contributed by atoms with Crippen molar-refractivity contribution in [3.63, 3.8) is 0 Å². The number of H-pyrrole nitrogens is 1. The third-order valence-electron chi connectivity index (χ3n) is 5.56. The van der Waals surface area contributed by atoms with Crippen LogP contribution in [-0.4, -0.2) is 51.9 Å². The molecule has 0 bridgehead atoms. The van der Waals surface area contributed by atoms with E-state index < -0.39 is 0 Å². The van der Waals surface area contributed by atoms with Gasteiger partial charge in [0.25, 0.3) is 0 Å². The maximum Gasteiger partial charge on any atom is 0.237 e. The van der Waals surface area contributed by atoms with Gasteiger partial charge in [-0.15, -0.1) is 0 Å². The lowest BCUT2D eigenvalue weighted by molar-refractivity contribution is -0.127. The van der Waals surface area contributed by atoms with E-state index in [2.05, 4.69) is 25.5 Å². The van der Waals surface area contributed by atoms with E-state index in [0.717, 1.165) is 31.4 Å². The fourth-order valence-electron chi connectivity index (χ4n) is 4.20. The molecule has 7 heteroatoms. The molecule has 0 unspecified atom stereocenters. The first kappa shape index (κ1) is 18.9. The van der Waals surface area contributed by atoms with Gasteiger partial charge in [-0.1, -0.05) is 25.7 Å². The van der Waals surface area contributed by atoms with E-state index in [4.69, 9.17) is 0 Å². The van der Waals surface area contributed by atoms with Gasteiger partial charge in [-0.3, -0.25) is 14.5 Å². The quantitative estimate of drug-likeness (QED) is 0.671. The lowest BCUT2D eigenvalue weighted by atomic mass is 9.99. The topological polar surface area (TPSA) is 90.1 Å². The number of aromatic nitrogens is 2. The van der Waals surface area contributed by atoms with Crippen LogP contribution in [0.2, 0.25) is 0 Å². The molecule has 26 heavy (non-hydrogen) atoms. The number of carbonyl (C=O) groups excluding carboxylic acids is 2. The van der Waals surface area contributed by atoms with E-state index in [1.165, 1.54) is 12.8 Å². The predicted octanol–water partition coefficient (Wildman–Crippen LogP) is 1.58. The molecule has 1 saturated heterocycles. The minimum Gasteiger partial charge on any atom is -0.355 e. The monoisotopic (exact) mass is 361 g/mol. The third-order valence-corrected chi connectivity index (χ3v) is 5.56. The molecule has 2 heterocycles. The van der Waals surface area contributed by atoms with Gasteiger partial charge >= 0.3 is 0 Å². The predicted molar refractivity (Wildman–Crippen MR) is 99.2 cm³/mol. The average Bonchev–Trinajstić information content (AvgIpc) is 3.18. The molecule has 3 rings (SSSR count). The van der Waals surface area contributed by atoms with Crippen molar-refractivity contribution in [1.82, 2.24) is 25.5 Å². The smallest absolute Gasteiger partial charge is 0.237 e. The minimum absolute atomic E-state index is 0.0290. The Labute approximate surface area is 155 Å². The highest BCUT2D eigenvalue weighted by Crippen LogP contribution is 2.25. The summed E-state index contributed by atoms with van der Waals surface area (Å²) in [6.45, 7) is 3.88. The Morgan fingerprint density at radius 2 is 2.00 bits per heavy atom. The summed E-state index contributed by atoms with van der Waals surface area (Å²) >= 11 is 0. The second-order valence-electron chi connectivity index (χ2n) is 7.55. The highest BCUT2D eigenvalue weighted by atomic mass is 16.2. The molecule has 0 aromatic carbocycles. The Morgan fingerprint density at radius 3 is 2.65 bits per heavy atom. The summed E-state index contributed by atoms with van der Waals surface area (Å²) in [5, 5.41) is 6.15. The first-order valence-electron chi connectivity index (χ1n) is 9.96. The van der Waals surface area contributed by atoms with E-state index in [1.807, 2.05) is 6.92 Å². The van der Waals surface area contributed by atoms with Gasteiger partial charge in [0.05, 0.1) is 12.4 Å². The van der Waals surface area contributed by atoms with Gasteiger partial charge in [-0.2, -0.15) is 0 Å². The number of aromatic amines is 1. The maximum absolute atomic E-state index is 12.7. The van der Waals surface area contributed by atoms with Crippen LogP contribution in [-0.2, 0) is 16.1 Å². The summed E-state index contributed by atoms with van der Waals surface area (Å²) in [6, 6.07) is -0.182. The molecule has 1 aromatic rings. The van der Waals surface area contributed by atoms with E-state index in [-0.39, 0.29) is 29.8 Å². The Hall–Kier alpha value is -1.89. The van der Waals surface area contributed by atoms with E-state index >= 15 is 0 Å². The molecule has 1 aliphatic heterocycles. The van der Waals surface area contributed by atoms with Crippen LogP contribution in [0.4, 0.5) is 0 Å². The van der Waals surface area contributed by atoms with Gasteiger partial charge in [0, 0.05) is 43.5 Å². The van der Waals surface area contributed by atoms with Gasteiger partial charge in [-0.05, 0) is 26.2 Å². The number of amides is 2. The Bertz CT molecular complexity index is 581. The zero-order valence-electron chi connectivity index (χ0n) is 15.7. The highest BCUT2D eigenvalue weighted by molar-refractivity contribution is 5.83. The van der Waals surface area contributed by atoms with Crippen molar-refractivity contribution in [3.05, 3.63) is 18.2 Å². The van der Waals surface area contributed by atoms with Gasteiger partial charge in [0.1, 0.15) is 0 Å². The second kappa shape index (κ2) is 9.16. The lowest BCUT2D eigenvalue weighted by Crippen LogP contribution is -2.42. The first-order chi connectivity index (χ1) is 12.7. The van der Waals surface area contributed by atoms with Crippen molar-refractivity contribution >= 4 is 11.8 Å². The number of hydrogen-bond acceptors (Lipinski definition) is 4. The van der Waals surface area contributed by atoms with Crippen molar-refractivity contribution in [2.24, 2.45) is 5.92 Å². The summed E-state index contributed by atoms with van der Waals surface area (Å²) in [7, 11) is 0. The number of nitrogens with one attached hydrogen (secondary N) is 3. The van der Waals surface area contributed by atoms with Gasteiger partial charge < -0.3 is 15.6 Å². The normalized spacial score (nSPS) is 25.0. The maximum atomic E-state index is 12.7. The standard InChI is InChI=1S/C19H31N5O2/c1-2-21-19(26)17-9-15(11-24(17)12-16-10-20-13-22-16)23-18(25)14-7-5-3-4-6-8-14/h10,13-15,17H,2-9,11-12H2,1H3,(H,20,22)(H,21,26)(H,23,25)/t15-,17+/m1/s1. The van der Waals surface area contributed by atoms with Gasteiger partial charge in [-0.25, -0.2) is 4.98 Å². The molecule has 7 nitrogen and oxygen atoms in total. The van der Waals surface area contributed by atoms with E-state index in [9.17, 15) is 9.59 Å². The number of likely N-dealkylation sites (N-methyl/N-ethyl adjacent to an activating group) is 1. The molecule has 1 saturated carbocycles. The zero-order chi connectivity index (χ0) is 18.4. The Kier molecular flexibility index (Phi) is 6.66. The number of hydrogen-bond donors (Lipinski definition) is 3. The summed E-state index contributed by atoms with van der Waals surface area (Å²) in [6.07, 6.45) is 10.9. The molecular formula is C19H31N5O2. The summed E-state index contributed by atoms with van der Waals surface area (Å²) in [5.74, 6) is 0.357. The Balaban J connectivity index is 1.60. The third kappa shape index (κ3) is 4.84. The Morgan fingerprint density at radius 1 is 1.23 bits per heavy atom.